The van der Waals surface area contributed by atoms with Crippen molar-refractivity contribution < 1.29 is 26.7 Å². The van der Waals surface area contributed by atoms with E-state index in [0.29, 0.717) is 30.3 Å². The molecule has 0 fully saturated rings. The molecule has 1 amide bonds. The number of thioether (sulfide) groups is 1. The van der Waals surface area contributed by atoms with Gasteiger partial charge < -0.3 is 10.4 Å². The van der Waals surface area contributed by atoms with E-state index >= 15 is 0 Å². The van der Waals surface area contributed by atoms with E-state index in [4.69, 9.17) is 5.11 Å². The number of aliphatic hydroxyl groups is 1. The maximum absolute atomic E-state index is 12.4. The van der Waals surface area contributed by atoms with Crippen LogP contribution in [0, 0.1) is 0 Å². The van der Waals surface area contributed by atoms with Crippen molar-refractivity contribution in [1.82, 2.24) is 10.0 Å². The van der Waals surface area contributed by atoms with Crippen molar-refractivity contribution in [2.75, 3.05) is 6.54 Å². The number of amides is 1. The number of likely N-dealkylation sites (N-methyl/N-ethyl adjacent to an activating group) is 1. The first-order chi connectivity index (χ1) is 11.0. The molecule has 0 bridgehead atoms. The molecule has 0 aromatic heterocycles. The molecule has 0 aromatic carbocycles. The van der Waals surface area contributed by atoms with Crippen LogP contribution < -0.4 is 10.0 Å². The molecule has 0 saturated heterocycles. The third kappa shape index (κ3) is 3.54. The molecule has 8 nitrogen and oxygen atoms in total. The number of sulfone groups is 1. The number of sulfonamides is 1. The Morgan fingerprint density at radius 2 is 2.12 bits per heavy atom. The molecule has 11 heteroatoms. The predicted octanol–water partition coefficient (Wildman–Crippen LogP) is -0.202. The zero-order valence-electron chi connectivity index (χ0n) is 13.4. The molecule has 0 radical (unpaired) electrons. The van der Waals surface area contributed by atoms with Gasteiger partial charge in [-0.1, -0.05) is 18.7 Å². The summed E-state index contributed by atoms with van der Waals surface area (Å²) in [6.07, 6.45) is 0.244. The summed E-state index contributed by atoms with van der Waals surface area (Å²) in [7, 11) is -7.84. The first-order valence-electron chi connectivity index (χ1n) is 7.35. The van der Waals surface area contributed by atoms with Crippen LogP contribution in [0.2, 0.25) is 0 Å². The first kappa shape index (κ1) is 19.4. The molecule has 24 heavy (non-hydrogen) atoms. The van der Waals surface area contributed by atoms with Crippen molar-refractivity contribution in [3.8, 4) is 0 Å². The van der Waals surface area contributed by atoms with Crippen molar-refractivity contribution in [1.29, 1.82) is 0 Å². The van der Waals surface area contributed by atoms with Gasteiger partial charge in [0.2, 0.25) is 0 Å². The summed E-state index contributed by atoms with van der Waals surface area (Å²) in [6, 6.07) is -0.529. The summed E-state index contributed by atoms with van der Waals surface area (Å²) in [5.41, 5.74) is 0.648. The highest BCUT2D eigenvalue weighted by Gasteiger charge is 2.43. The van der Waals surface area contributed by atoms with Gasteiger partial charge >= 0.3 is 0 Å². The molecule has 0 aliphatic carbocycles. The number of nitrogens with one attached hydrogen (secondary N) is 2. The van der Waals surface area contributed by atoms with Crippen molar-refractivity contribution in [3.63, 3.8) is 0 Å². The topological polar surface area (TPSA) is 130 Å². The minimum absolute atomic E-state index is 0.0355. The summed E-state index contributed by atoms with van der Waals surface area (Å²) in [4.78, 5) is 11.5. The van der Waals surface area contributed by atoms with Crippen LogP contribution >= 0.6 is 11.8 Å². The van der Waals surface area contributed by atoms with E-state index in [1.165, 1.54) is 6.08 Å². The van der Waals surface area contributed by atoms with Crippen LogP contribution in [0.25, 0.3) is 0 Å². The van der Waals surface area contributed by atoms with Crippen LogP contribution in [-0.4, -0.2) is 51.8 Å². The second-order valence-electron chi connectivity index (χ2n) is 5.64. The first-order valence-corrected chi connectivity index (χ1v) is 11.2. The van der Waals surface area contributed by atoms with Crippen LogP contribution in [0.4, 0.5) is 0 Å². The van der Waals surface area contributed by atoms with Gasteiger partial charge in [-0.05, 0) is 38.5 Å². The fourth-order valence-electron chi connectivity index (χ4n) is 2.42. The van der Waals surface area contributed by atoms with E-state index in [1.54, 1.807) is 11.6 Å². The summed E-state index contributed by atoms with van der Waals surface area (Å²) < 4.78 is 51.1. The van der Waals surface area contributed by atoms with E-state index in [0.717, 1.165) is 6.92 Å². The number of aliphatic hydroxyl groups excluding tert-OH is 1. The summed E-state index contributed by atoms with van der Waals surface area (Å²) >= 11 is 0.631. The number of hydrogen-bond acceptors (Lipinski definition) is 8. The molecule has 0 saturated carbocycles. The molecule has 1 unspecified atom stereocenters. The summed E-state index contributed by atoms with van der Waals surface area (Å²) in [5, 5.41) is 11.6. The van der Waals surface area contributed by atoms with Gasteiger partial charge in [0.15, 0.2) is 9.84 Å². The maximum atomic E-state index is 12.4. The zero-order valence-corrected chi connectivity index (χ0v) is 15.9. The van der Waals surface area contributed by atoms with Crippen molar-refractivity contribution in [2.24, 2.45) is 0 Å². The van der Waals surface area contributed by atoms with Crippen molar-refractivity contribution in [2.45, 2.75) is 44.6 Å². The third-order valence-corrected chi connectivity index (χ3v) is 9.51. The van der Waals surface area contributed by atoms with Gasteiger partial charge in [0.05, 0.1) is 11.3 Å². The summed E-state index contributed by atoms with van der Waals surface area (Å²) in [5.74, 6) is -1.07. The van der Waals surface area contributed by atoms with Gasteiger partial charge in [-0.25, -0.2) is 21.6 Å². The molecule has 136 valence electrons. The van der Waals surface area contributed by atoms with Gasteiger partial charge in [-0.2, -0.15) is 0 Å². The van der Waals surface area contributed by atoms with Crippen LogP contribution in [0.3, 0.4) is 0 Å². The average molecular weight is 397 g/mol. The quantitative estimate of drug-likeness (QED) is 0.582. The minimum atomic E-state index is -4.26. The Balaban J connectivity index is 2.40. The van der Waals surface area contributed by atoms with Gasteiger partial charge in [0.25, 0.3) is 15.9 Å². The smallest absolute Gasteiger partial charge is 0.270 e. The Hall–Kier alpha value is -0.880. The summed E-state index contributed by atoms with van der Waals surface area (Å²) in [6.45, 7) is 5.07. The highest BCUT2D eigenvalue weighted by atomic mass is 32.3. The Kier molecular flexibility index (Phi) is 5.50. The highest BCUT2D eigenvalue weighted by Crippen LogP contribution is 2.47. The fraction of sp³-hybridized carbons (Fsp3) is 0.615. The molecular weight excluding hydrogens is 376 g/mol. The second kappa shape index (κ2) is 6.79. The van der Waals surface area contributed by atoms with E-state index < -0.39 is 43.2 Å². The van der Waals surface area contributed by atoms with Crippen LogP contribution in [0.15, 0.2) is 20.1 Å². The monoisotopic (exact) mass is 396 g/mol. The molecule has 2 aliphatic heterocycles. The number of rotatable bonds is 5. The Labute approximate surface area is 145 Å². The SMILES string of the molecule is CCN[C@H]1C=C(S(=O)(=O)NC(=O)C(C)O)SC2=C1C[C@H](C)S2(=O)=O. The molecule has 2 heterocycles. The average Bonchev–Trinajstić information content (AvgIpc) is 2.70. The standard InChI is InChI=1S/C13H20N2O6S3/c1-4-14-10-6-11(24(20,21)15-12(17)8(3)16)22-13-9(10)5-7(2)23(13,18)19/h6-8,10,14,16H,4-5H2,1-3H3,(H,15,17)/t7-,8?,10-/m0/s1. The van der Waals surface area contributed by atoms with Gasteiger partial charge in [0, 0.05) is 0 Å². The lowest BCUT2D eigenvalue weighted by atomic mass is 10.0. The Bertz CT molecular complexity index is 811. The number of carbonyl (C=O) groups excluding carboxylic acids is 1. The molecule has 2 rings (SSSR count). The molecule has 0 aromatic rings. The maximum Gasteiger partial charge on any atom is 0.270 e. The van der Waals surface area contributed by atoms with Crippen LogP contribution in [0.5, 0.6) is 0 Å². The van der Waals surface area contributed by atoms with Crippen molar-refractivity contribution >= 4 is 37.5 Å². The lowest BCUT2D eigenvalue weighted by Gasteiger charge is -2.23. The van der Waals surface area contributed by atoms with E-state index in [-0.39, 0.29) is 8.47 Å². The zero-order chi connectivity index (χ0) is 18.3. The molecule has 0 spiro atoms. The van der Waals surface area contributed by atoms with E-state index in [9.17, 15) is 21.6 Å². The fourth-order valence-corrected chi connectivity index (χ4v) is 7.54. The molecule has 3 atom stereocenters. The highest BCUT2D eigenvalue weighted by molar-refractivity contribution is 8.28. The van der Waals surface area contributed by atoms with E-state index in [1.807, 2.05) is 6.92 Å². The lowest BCUT2D eigenvalue weighted by Crippen LogP contribution is -2.39. The third-order valence-electron chi connectivity index (χ3n) is 3.73. The normalized spacial score (nSPS) is 27.4. The lowest BCUT2D eigenvalue weighted by molar-refractivity contribution is -0.126. The number of carbonyl (C=O) groups is 1. The van der Waals surface area contributed by atoms with Gasteiger partial charge in [-0.3, -0.25) is 4.79 Å². The van der Waals surface area contributed by atoms with Gasteiger partial charge in [0.1, 0.15) is 14.6 Å². The van der Waals surface area contributed by atoms with E-state index in [2.05, 4.69) is 5.32 Å². The van der Waals surface area contributed by atoms with Gasteiger partial charge in [-0.15, -0.1) is 0 Å². The number of hydrogen-bond donors (Lipinski definition) is 3. The largest absolute Gasteiger partial charge is 0.384 e. The van der Waals surface area contributed by atoms with Crippen LogP contribution in [0.1, 0.15) is 27.2 Å². The second-order valence-corrected chi connectivity index (χ2v) is 11.2. The molecule has 2 aliphatic rings. The predicted molar refractivity (Wildman–Crippen MR) is 91.9 cm³/mol. The van der Waals surface area contributed by atoms with Crippen molar-refractivity contribution in [3.05, 3.63) is 20.1 Å². The molecule has 3 N–H and O–H groups in total. The van der Waals surface area contributed by atoms with Crippen LogP contribution in [-0.2, 0) is 24.7 Å². The molecular formula is C13H20N2O6S3. The minimum Gasteiger partial charge on any atom is -0.384 e. The Morgan fingerprint density at radius 1 is 1.50 bits per heavy atom. The Morgan fingerprint density at radius 3 is 2.67 bits per heavy atom.